The molecule has 1 N–H and O–H groups in total. The number of carbonyl (C=O) groups excluding carboxylic acids is 2. The van der Waals surface area contributed by atoms with Crippen LogP contribution < -0.4 is 0 Å². The Bertz CT molecular complexity index is 976. The van der Waals surface area contributed by atoms with Crippen molar-refractivity contribution in [1.29, 1.82) is 0 Å². The monoisotopic (exact) mass is 425 g/mol. The second-order valence-electron chi connectivity index (χ2n) is 10.2. The summed E-state index contributed by atoms with van der Waals surface area (Å²) < 4.78 is 11.1. The zero-order valence-corrected chi connectivity index (χ0v) is 20.0. The van der Waals surface area contributed by atoms with Crippen LogP contribution in [0.2, 0.25) is 0 Å². The van der Waals surface area contributed by atoms with Crippen molar-refractivity contribution < 1.29 is 19.1 Å². The number of ether oxygens (including phenoxy) is 2. The van der Waals surface area contributed by atoms with E-state index in [0.29, 0.717) is 29.7 Å². The summed E-state index contributed by atoms with van der Waals surface area (Å²) >= 11 is 0. The van der Waals surface area contributed by atoms with Crippen molar-refractivity contribution in [2.45, 2.75) is 84.3 Å². The number of Topliss-reactive ketones (excluding diaryl/α,β-unsaturated/α-hetero) is 1. The van der Waals surface area contributed by atoms with Crippen molar-refractivity contribution in [2.75, 3.05) is 7.11 Å². The molecule has 168 valence electrons. The molecule has 0 fully saturated rings. The third-order valence-corrected chi connectivity index (χ3v) is 6.73. The molecule has 31 heavy (non-hydrogen) atoms. The molecule has 5 heteroatoms. The number of benzene rings is 1. The first-order valence-corrected chi connectivity index (χ1v) is 11.0. The van der Waals surface area contributed by atoms with Crippen molar-refractivity contribution in [3.05, 3.63) is 57.9 Å². The smallest absolute Gasteiger partial charge is 0.355 e. The van der Waals surface area contributed by atoms with Gasteiger partial charge in [-0.3, -0.25) is 4.79 Å². The minimum Gasteiger partial charge on any atom is -0.455 e. The summed E-state index contributed by atoms with van der Waals surface area (Å²) in [6.07, 6.45) is 0.709. The lowest BCUT2D eigenvalue weighted by atomic mass is 9.80. The molecule has 0 radical (unpaired) electrons. The van der Waals surface area contributed by atoms with E-state index in [1.54, 1.807) is 7.11 Å². The predicted octanol–water partition coefficient (Wildman–Crippen LogP) is 5.50. The van der Waals surface area contributed by atoms with E-state index in [2.05, 4.69) is 50.0 Å². The first-order chi connectivity index (χ1) is 14.3. The van der Waals surface area contributed by atoms with Gasteiger partial charge in [0.05, 0.1) is 5.60 Å². The second-order valence-corrected chi connectivity index (χ2v) is 10.2. The summed E-state index contributed by atoms with van der Waals surface area (Å²) in [5.41, 5.74) is 4.42. The summed E-state index contributed by atoms with van der Waals surface area (Å²) in [7, 11) is 1.59. The fraction of sp³-hybridized carbons (Fsp3) is 0.538. The Labute approximate surface area is 185 Å². The Balaban J connectivity index is 1.83. The maximum atomic E-state index is 13.0. The lowest BCUT2D eigenvalue weighted by molar-refractivity contribution is -0.0797. The highest BCUT2D eigenvalue weighted by atomic mass is 16.6. The highest BCUT2D eigenvalue weighted by molar-refractivity contribution is 6.03. The van der Waals surface area contributed by atoms with Crippen molar-refractivity contribution >= 4 is 11.8 Å². The lowest BCUT2D eigenvalue weighted by Crippen LogP contribution is -2.39. The number of rotatable bonds is 5. The van der Waals surface area contributed by atoms with E-state index in [0.717, 1.165) is 11.3 Å². The Morgan fingerprint density at radius 2 is 1.71 bits per heavy atom. The zero-order chi connectivity index (χ0) is 23.1. The van der Waals surface area contributed by atoms with Crippen LogP contribution in [0.5, 0.6) is 0 Å². The quantitative estimate of drug-likeness (QED) is 0.642. The summed E-state index contributed by atoms with van der Waals surface area (Å²) in [6, 6.07) is 8.56. The van der Waals surface area contributed by atoms with Crippen molar-refractivity contribution in [1.82, 2.24) is 4.98 Å². The van der Waals surface area contributed by atoms with Crippen LogP contribution in [0, 0.1) is 6.92 Å². The average molecular weight is 426 g/mol. The molecule has 2 atom stereocenters. The van der Waals surface area contributed by atoms with Crippen LogP contribution in [0.4, 0.5) is 0 Å². The Kier molecular flexibility index (Phi) is 6.21. The second kappa shape index (κ2) is 8.27. The summed E-state index contributed by atoms with van der Waals surface area (Å²) in [4.78, 5) is 29.0. The van der Waals surface area contributed by atoms with Crippen molar-refractivity contribution in [3.8, 4) is 0 Å². The molecule has 0 unspecified atom stereocenters. The number of aromatic amines is 1. The third kappa shape index (κ3) is 4.62. The Morgan fingerprint density at radius 3 is 2.26 bits per heavy atom. The van der Waals surface area contributed by atoms with Gasteiger partial charge in [-0.05, 0) is 62.1 Å². The number of hydrogen-bond acceptors (Lipinski definition) is 4. The van der Waals surface area contributed by atoms with Crippen LogP contribution in [0.15, 0.2) is 24.3 Å². The van der Waals surface area contributed by atoms with Gasteiger partial charge in [0.15, 0.2) is 5.78 Å². The molecule has 1 aromatic heterocycles. The van der Waals surface area contributed by atoms with Gasteiger partial charge in [-0.25, -0.2) is 4.79 Å². The molecule has 0 saturated heterocycles. The van der Waals surface area contributed by atoms with Gasteiger partial charge in [0.1, 0.15) is 11.8 Å². The van der Waals surface area contributed by atoms with E-state index in [1.165, 1.54) is 5.56 Å². The highest BCUT2D eigenvalue weighted by Crippen LogP contribution is 2.36. The molecule has 5 nitrogen and oxygen atoms in total. The van der Waals surface area contributed by atoms with Gasteiger partial charge in [0.2, 0.25) is 0 Å². The largest absolute Gasteiger partial charge is 0.455 e. The van der Waals surface area contributed by atoms with E-state index in [-0.39, 0.29) is 17.1 Å². The van der Waals surface area contributed by atoms with Gasteiger partial charge in [0, 0.05) is 24.8 Å². The van der Waals surface area contributed by atoms with Crippen molar-refractivity contribution in [3.63, 3.8) is 0 Å². The maximum absolute atomic E-state index is 13.0. The molecular formula is C26H35NO4. The fourth-order valence-corrected chi connectivity index (χ4v) is 4.06. The minimum absolute atomic E-state index is 0.0733. The molecule has 2 aromatic rings. The summed E-state index contributed by atoms with van der Waals surface area (Å²) in [6.45, 7) is 13.9. The van der Waals surface area contributed by atoms with E-state index in [4.69, 9.17) is 9.47 Å². The fourth-order valence-electron chi connectivity index (χ4n) is 4.06. The number of fused-ring (bicyclic) bond motifs is 1. The SMILES string of the molecule is COC(C)(C)[C@@H](C)OC(=O)c1[nH]c2c(c1C)C(=O)C[C@H](c1ccc(C(C)(C)C)cc1)C2. The number of methoxy groups -OCH3 is 1. The van der Waals surface area contributed by atoms with Gasteiger partial charge in [-0.2, -0.15) is 0 Å². The molecule has 0 amide bonds. The highest BCUT2D eigenvalue weighted by Gasteiger charge is 2.34. The maximum Gasteiger partial charge on any atom is 0.355 e. The predicted molar refractivity (Wildman–Crippen MR) is 122 cm³/mol. The van der Waals surface area contributed by atoms with Gasteiger partial charge in [0.25, 0.3) is 0 Å². The summed E-state index contributed by atoms with van der Waals surface area (Å²) in [5, 5.41) is 0. The molecule has 0 aliphatic heterocycles. The Hall–Kier alpha value is -2.40. The Morgan fingerprint density at radius 1 is 1.10 bits per heavy atom. The van der Waals surface area contributed by atoms with Crippen LogP contribution in [0.1, 0.15) is 97.1 Å². The molecule has 0 bridgehead atoms. The van der Waals surface area contributed by atoms with Gasteiger partial charge in [-0.15, -0.1) is 0 Å². The number of hydrogen-bond donors (Lipinski definition) is 1. The molecule has 1 aromatic carbocycles. The van der Waals surface area contributed by atoms with Crippen molar-refractivity contribution in [2.24, 2.45) is 0 Å². The number of H-pyrrole nitrogens is 1. The third-order valence-electron chi connectivity index (χ3n) is 6.73. The molecule has 3 rings (SSSR count). The minimum atomic E-state index is -0.601. The van der Waals surface area contributed by atoms with Crippen LogP contribution in [0.3, 0.4) is 0 Å². The summed E-state index contributed by atoms with van der Waals surface area (Å²) in [5.74, 6) is -0.282. The van der Waals surface area contributed by atoms with E-state index >= 15 is 0 Å². The molecule has 0 saturated carbocycles. The normalized spacial score (nSPS) is 17.9. The van der Waals surface area contributed by atoms with Crippen LogP contribution in [0.25, 0.3) is 0 Å². The number of carbonyl (C=O) groups is 2. The van der Waals surface area contributed by atoms with E-state index < -0.39 is 17.7 Å². The first kappa shape index (κ1) is 23.3. The number of esters is 1. The van der Waals surface area contributed by atoms with Crippen LogP contribution in [-0.2, 0) is 21.3 Å². The first-order valence-electron chi connectivity index (χ1n) is 11.0. The lowest BCUT2D eigenvalue weighted by Gasteiger charge is -2.29. The molecule has 1 aliphatic rings. The number of nitrogens with one attached hydrogen (secondary N) is 1. The van der Waals surface area contributed by atoms with Gasteiger partial charge < -0.3 is 14.5 Å². The molecule has 1 heterocycles. The van der Waals surface area contributed by atoms with Gasteiger partial charge >= 0.3 is 5.97 Å². The zero-order valence-electron chi connectivity index (χ0n) is 20.0. The van der Waals surface area contributed by atoms with E-state index in [9.17, 15) is 9.59 Å². The number of aromatic nitrogens is 1. The van der Waals surface area contributed by atoms with E-state index in [1.807, 2.05) is 27.7 Å². The van der Waals surface area contributed by atoms with Crippen LogP contribution in [-0.4, -0.2) is 35.6 Å². The average Bonchev–Trinajstić information content (AvgIpc) is 3.04. The molecule has 0 spiro atoms. The van der Waals surface area contributed by atoms with Gasteiger partial charge in [-0.1, -0.05) is 45.0 Å². The number of ketones is 1. The molecular weight excluding hydrogens is 390 g/mol. The topological polar surface area (TPSA) is 68.4 Å². The standard InChI is InChI=1S/C26H35NO4/c1-15-22-20(27-23(15)24(29)31-16(2)26(6,7)30-8)13-18(14-21(22)28)17-9-11-19(12-10-17)25(3,4)5/h9-12,16,18,27H,13-14H2,1-8H3/t16-,18-/m1/s1. The van der Waals surface area contributed by atoms with Crippen LogP contribution >= 0.6 is 0 Å². The molecule has 1 aliphatic carbocycles.